The SMILES string of the molecule is CCCNc1ccc(C(=O)N2CCOCC2CC)cc1. The van der Waals surface area contributed by atoms with E-state index in [4.69, 9.17) is 4.74 Å². The molecule has 1 N–H and O–H groups in total. The summed E-state index contributed by atoms with van der Waals surface area (Å²) < 4.78 is 5.45. The fraction of sp³-hybridized carbons (Fsp3) is 0.562. The first-order chi connectivity index (χ1) is 9.76. The Kier molecular flexibility index (Phi) is 5.41. The molecule has 1 aliphatic heterocycles. The van der Waals surface area contributed by atoms with Gasteiger partial charge in [-0.3, -0.25) is 4.79 Å². The maximum absolute atomic E-state index is 12.5. The number of amides is 1. The Hall–Kier alpha value is -1.55. The van der Waals surface area contributed by atoms with E-state index in [0.29, 0.717) is 19.8 Å². The molecule has 110 valence electrons. The molecule has 4 nitrogen and oxygen atoms in total. The Morgan fingerprint density at radius 2 is 2.10 bits per heavy atom. The lowest BCUT2D eigenvalue weighted by Gasteiger charge is -2.35. The highest BCUT2D eigenvalue weighted by molar-refractivity contribution is 5.94. The third-order valence-electron chi connectivity index (χ3n) is 3.67. The molecule has 1 saturated heterocycles. The van der Waals surface area contributed by atoms with Gasteiger partial charge in [0.1, 0.15) is 0 Å². The summed E-state index contributed by atoms with van der Waals surface area (Å²) in [7, 11) is 0. The number of carbonyl (C=O) groups is 1. The summed E-state index contributed by atoms with van der Waals surface area (Å²) in [6.45, 7) is 7.16. The Morgan fingerprint density at radius 1 is 1.35 bits per heavy atom. The van der Waals surface area contributed by atoms with E-state index < -0.39 is 0 Å². The van der Waals surface area contributed by atoms with Crippen LogP contribution < -0.4 is 5.32 Å². The van der Waals surface area contributed by atoms with Gasteiger partial charge in [0.2, 0.25) is 0 Å². The summed E-state index contributed by atoms with van der Waals surface area (Å²) >= 11 is 0. The van der Waals surface area contributed by atoms with Crippen molar-refractivity contribution in [2.75, 3.05) is 31.6 Å². The summed E-state index contributed by atoms with van der Waals surface area (Å²) in [5, 5.41) is 3.32. The second-order valence-corrected chi connectivity index (χ2v) is 5.14. The molecule has 0 spiro atoms. The molecule has 0 bridgehead atoms. The zero-order chi connectivity index (χ0) is 14.4. The van der Waals surface area contributed by atoms with Crippen LogP contribution in [0.1, 0.15) is 37.0 Å². The first-order valence-corrected chi connectivity index (χ1v) is 7.49. The zero-order valence-electron chi connectivity index (χ0n) is 12.4. The van der Waals surface area contributed by atoms with E-state index >= 15 is 0 Å². The number of ether oxygens (including phenoxy) is 1. The molecule has 1 aromatic carbocycles. The lowest BCUT2D eigenvalue weighted by molar-refractivity contribution is -0.00279. The van der Waals surface area contributed by atoms with E-state index in [0.717, 1.165) is 30.6 Å². The molecular weight excluding hydrogens is 252 g/mol. The Balaban J connectivity index is 2.04. The van der Waals surface area contributed by atoms with Crippen molar-refractivity contribution in [3.05, 3.63) is 29.8 Å². The molecular formula is C16H24N2O2. The fourth-order valence-corrected chi connectivity index (χ4v) is 2.43. The van der Waals surface area contributed by atoms with Crippen LogP contribution in [0.15, 0.2) is 24.3 Å². The van der Waals surface area contributed by atoms with E-state index in [2.05, 4.69) is 19.2 Å². The minimum Gasteiger partial charge on any atom is -0.385 e. The number of hydrogen-bond donors (Lipinski definition) is 1. The van der Waals surface area contributed by atoms with Gasteiger partial charge in [0, 0.05) is 24.3 Å². The zero-order valence-corrected chi connectivity index (χ0v) is 12.4. The van der Waals surface area contributed by atoms with Gasteiger partial charge in [-0.05, 0) is 37.1 Å². The molecule has 1 aromatic rings. The van der Waals surface area contributed by atoms with Gasteiger partial charge in [0.25, 0.3) is 5.91 Å². The maximum Gasteiger partial charge on any atom is 0.254 e. The summed E-state index contributed by atoms with van der Waals surface area (Å²) in [6.07, 6.45) is 2.02. The van der Waals surface area contributed by atoms with E-state index in [9.17, 15) is 4.79 Å². The van der Waals surface area contributed by atoms with Crippen LogP contribution in [-0.4, -0.2) is 43.2 Å². The summed E-state index contributed by atoms with van der Waals surface area (Å²) in [5.74, 6) is 0.113. The predicted octanol–water partition coefficient (Wildman–Crippen LogP) is 2.76. The van der Waals surface area contributed by atoms with Crippen molar-refractivity contribution < 1.29 is 9.53 Å². The van der Waals surface area contributed by atoms with E-state index in [1.165, 1.54) is 0 Å². The summed E-state index contributed by atoms with van der Waals surface area (Å²) in [5.41, 5.74) is 1.82. The first kappa shape index (κ1) is 14.9. The van der Waals surface area contributed by atoms with Crippen molar-refractivity contribution in [1.82, 2.24) is 4.90 Å². The number of morpholine rings is 1. The van der Waals surface area contributed by atoms with Gasteiger partial charge in [0.15, 0.2) is 0 Å². The minimum atomic E-state index is 0.113. The quantitative estimate of drug-likeness (QED) is 0.899. The third-order valence-corrected chi connectivity index (χ3v) is 3.67. The highest BCUT2D eigenvalue weighted by atomic mass is 16.5. The van der Waals surface area contributed by atoms with Crippen molar-refractivity contribution in [3.63, 3.8) is 0 Å². The van der Waals surface area contributed by atoms with Crippen LogP contribution >= 0.6 is 0 Å². The normalized spacial score (nSPS) is 18.9. The lowest BCUT2D eigenvalue weighted by Crippen LogP contribution is -2.48. The highest BCUT2D eigenvalue weighted by Crippen LogP contribution is 2.16. The minimum absolute atomic E-state index is 0.113. The molecule has 4 heteroatoms. The van der Waals surface area contributed by atoms with Gasteiger partial charge >= 0.3 is 0 Å². The lowest BCUT2D eigenvalue weighted by atomic mass is 10.1. The molecule has 1 heterocycles. The van der Waals surface area contributed by atoms with Gasteiger partial charge in [-0.1, -0.05) is 13.8 Å². The molecule has 0 saturated carbocycles. The van der Waals surface area contributed by atoms with Crippen LogP contribution in [0.2, 0.25) is 0 Å². The van der Waals surface area contributed by atoms with Gasteiger partial charge in [-0.2, -0.15) is 0 Å². The van der Waals surface area contributed by atoms with Crippen LogP contribution in [0.25, 0.3) is 0 Å². The molecule has 1 atom stereocenters. The monoisotopic (exact) mass is 276 g/mol. The van der Waals surface area contributed by atoms with E-state index in [1.807, 2.05) is 29.2 Å². The number of hydrogen-bond acceptors (Lipinski definition) is 3. The van der Waals surface area contributed by atoms with Gasteiger partial charge in [0.05, 0.1) is 19.3 Å². The second-order valence-electron chi connectivity index (χ2n) is 5.14. The number of rotatable bonds is 5. The van der Waals surface area contributed by atoms with Gasteiger partial charge < -0.3 is 15.0 Å². The smallest absolute Gasteiger partial charge is 0.254 e. The molecule has 1 aliphatic rings. The number of benzene rings is 1. The predicted molar refractivity (Wildman–Crippen MR) is 81.2 cm³/mol. The largest absolute Gasteiger partial charge is 0.385 e. The van der Waals surface area contributed by atoms with E-state index in [-0.39, 0.29) is 11.9 Å². The van der Waals surface area contributed by atoms with Crippen molar-refractivity contribution >= 4 is 11.6 Å². The third kappa shape index (κ3) is 3.51. The molecule has 1 amide bonds. The molecule has 0 radical (unpaired) electrons. The Labute approximate surface area is 121 Å². The average Bonchev–Trinajstić information content (AvgIpc) is 2.52. The topological polar surface area (TPSA) is 41.6 Å². The first-order valence-electron chi connectivity index (χ1n) is 7.49. The van der Waals surface area contributed by atoms with Crippen LogP contribution in [0, 0.1) is 0 Å². The molecule has 1 unspecified atom stereocenters. The van der Waals surface area contributed by atoms with Gasteiger partial charge in [-0.25, -0.2) is 0 Å². The summed E-state index contributed by atoms with van der Waals surface area (Å²) in [4.78, 5) is 14.5. The molecule has 20 heavy (non-hydrogen) atoms. The van der Waals surface area contributed by atoms with Crippen LogP contribution in [0.4, 0.5) is 5.69 Å². The van der Waals surface area contributed by atoms with Crippen molar-refractivity contribution in [1.29, 1.82) is 0 Å². The van der Waals surface area contributed by atoms with Crippen molar-refractivity contribution in [2.45, 2.75) is 32.7 Å². The van der Waals surface area contributed by atoms with Crippen molar-refractivity contribution in [3.8, 4) is 0 Å². The number of anilines is 1. The number of nitrogens with one attached hydrogen (secondary N) is 1. The Bertz CT molecular complexity index is 431. The van der Waals surface area contributed by atoms with Crippen LogP contribution in [-0.2, 0) is 4.74 Å². The number of carbonyl (C=O) groups excluding carboxylic acids is 1. The fourth-order valence-electron chi connectivity index (χ4n) is 2.43. The molecule has 0 aliphatic carbocycles. The maximum atomic E-state index is 12.5. The van der Waals surface area contributed by atoms with E-state index in [1.54, 1.807) is 0 Å². The Morgan fingerprint density at radius 3 is 2.75 bits per heavy atom. The van der Waals surface area contributed by atoms with Crippen LogP contribution in [0.3, 0.4) is 0 Å². The van der Waals surface area contributed by atoms with Crippen LogP contribution in [0.5, 0.6) is 0 Å². The summed E-state index contributed by atoms with van der Waals surface area (Å²) in [6, 6.07) is 7.97. The van der Waals surface area contributed by atoms with Crippen molar-refractivity contribution in [2.24, 2.45) is 0 Å². The highest BCUT2D eigenvalue weighted by Gasteiger charge is 2.26. The van der Waals surface area contributed by atoms with Gasteiger partial charge in [-0.15, -0.1) is 0 Å². The molecule has 1 fully saturated rings. The number of nitrogens with zero attached hydrogens (tertiary/aromatic N) is 1. The second kappa shape index (κ2) is 7.29. The molecule has 2 rings (SSSR count). The molecule has 0 aromatic heterocycles. The average molecular weight is 276 g/mol. The standard InChI is InChI=1S/C16H24N2O2/c1-3-9-17-14-7-5-13(6-8-14)16(19)18-10-11-20-12-15(18)4-2/h5-8,15,17H,3-4,9-12H2,1-2H3.